The Morgan fingerprint density at radius 2 is 1.82 bits per heavy atom. The fourth-order valence-electron chi connectivity index (χ4n) is 3.84. The van der Waals surface area contributed by atoms with Crippen LogP contribution in [0.15, 0.2) is 23.5 Å². The summed E-state index contributed by atoms with van der Waals surface area (Å²) in [5.41, 5.74) is 0.513. The van der Waals surface area contributed by atoms with E-state index in [1.807, 2.05) is 0 Å². The van der Waals surface area contributed by atoms with E-state index in [0.717, 1.165) is 0 Å². The van der Waals surface area contributed by atoms with E-state index in [4.69, 9.17) is 0 Å². The molecule has 0 amide bonds. The summed E-state index contributed by atoms with van der Waals surface area (Å²) in [7, 11) is -5.16. The van der Waals surface area contributed by atoms with Gasteiger partial charge in [0.25, 0.3) is 0 Å². The SMILES string of the molecule is C[C@H]1CC[C@H](Nc2ncnc3[nH]ccc23)CN1S(=O)(=O)c1c(F)c(F)c(F)c(F)c1OC(F)F. The second-order valence-corrected chi connectivity index (χ2v) is 9.42. The lowest BCUT2D eigenvalue weighted by atomic mass is 10.0. The average Bonchev–Trinajstić information content (AvgIpc) is 3.27. The molecule has 1 saturated heterocycles. The van der Waals surface area contributed by atoms with Crippen molar-refractivity contribution in [2.24, 2.45) is 0 Å². The lowest BCUT2D eigenvalue weighted by molar-refractivity contribution is -0.0552. The predicted molar refractivity (Wildman–Crippen MR) is 107 cm³/mol. The first-order chi connectivity index (χ1) is 16.0. The lowest BCUT2D eigenvalue weighted by Crippen LogP contribution is -2.50. The van der Waals surface area contributed by atoms with E-state index in [2.05, 4.69) is 25.0 Å². The molecule has 0 saturated carbocycles. The van der Waals surface area contributed by atoms with Crippen LogP contribution < -0.4 is 10.1 Å². The van der Waals surface area contributed by atoms with Gasteiger partial charge in [0.1, 0.15) is 17.8 Å². The van der Waals surface area contributed by atoms with Gasteiger partial charge in [0.15, 0.2) is 22.3 Å². The monoisotopic (exact) mass is 509 g/mol. The van der Waals surface area contributed by atoms with Crippen LogP contribution in [0.5, 0.6) is 5.75 Å². The van der Waals surface area contributed by atoms with Crippen LogP contribution >= 0.6 is 0 Å². The third-order valence-corrected chi connectivity index (χ3v) is 7.48. The summed E-state index contributed by atoms with van der Waals surface area (Å²) in [6.45, 7) is -2.72. The Hall–Kier alpha value is -3.07. The summed E-state index contributed by atoms with van der Waals surface area (Å²) in [5, 5.41) is 3.66. The van der Waals surface area contributed by atoms with Crippen molar-refractivity contribution in [3.63, 3.8) is 0 Å². The zero-order valence-electron chi connectivity index (χ0n) is 17.3. The number of alkyl halides is 2. The molecule has 184 valence electrons. The van der Waals surface area contributed by atoms with Crippen molar-refractivity contribution in [1.29, 1.82) is 0 Å². The van der Waals surface area contributed by atoms with E-state index in [1.54, 1.807) is 12.3 Å². The number of fused-ring (bicyclic) bond motifs is 1. The number of ether oxygens (including phenoxy) is 1. The molecule has 0 aliphatic carbocycles. The van der Waals surface area contributed by atoms with Gasteiger partial charge in [0, 0.05) is 24.8 Å². The summed E-state index contributed by atoms with van der Waals surface area (Å²) < 4.78 is 113. The van der Waals surface area contributed by atoms with Crippen molar-refractivity contribution in [3.05, 3.63) is 41.9 Å². The first-order valence-corrected chi connectivity index (χ1v) is 11.3. The number of aromatic nitrogens is 3. The van der Waals surface area contributed by atoms with E-state index < -0.39 is 62.6 Å². The van der Waals surface area contributed by atoms with Crippen LogP contribution in [0, 0.1) is 23.3 Å². The Morgan fingerprint density at radius 1 is 1.12 bits per heavy atom. The van der Waals surface area contributed by atoms with Crippen molar-refractivity contribution in [3.8, 4) is 5.75 Å². The number of hydrogen-bond acceptors (Lipinski definition) is 6. The fraction of sp³-hybridized carbons (Fsp3) is 0.368. The number of aromatic amines is 1. The van der Waals surface area contributed by atoms with E-state index >= 15 is 0 Å². The van der Waals surface area contributed by atoms with Gasteiger partial charge in [-0.2, -0.15) is 17.5 Å². The molecule has 1 fully saturated rings. The average molecular weight is 509 g/mol. The maximum Gasteiger partial charge on any atom is 0.387 e. The maximum atomic E-state index is 14.6. The van der Waals surface area contributed by atoms with Crippen LogP contribution in [0.3, 0.4) is 0 Å². The largest absolute Gasteiger partial charge is 0.430 e. The second kappa shape index (κ2) is 8.94. The van der Waals surface area contributed by atoms with Gasteiger partial charge in [-0.3, -0.25) is 0 Å². The molecule has 1 aromatic carbocycles. The van der Waals surface area contributed by atoms with Crippen molar-refractivity contribution >= 4 is 26.9 Å². The molecule has 0 radical (unpaired) electrons. The highest BCUT2D eigenvalue weighted by Crippen LogP contribution is 2.38. The van der Waals surface area contributed by atoms with Crippen molar-refractivity contribution in [1.82, 2.24) is 19.3 Å². The third-order valence-electron chi connectivity index (χ3n) is 5.48. The van der Waals surface area contributed by atoms with Crippen LogP contribution in [0.2, 0.25) is 0 Å². The highest BCUT2D eigenvalue weighted by molar-refractivity contribution is 7.89. The number of piperidine rings is 1. The summed E-state index contributed by atoms with van der Waals surface area (Å²) in [4.78, 5) is 9.20. The Labute approximate surface area is 189 Å². The van der Waals surface area contributed by atoms with Crippen LogP contribution in [-0.2, 0) is 10.0 Å². The molecule has 0 spiro atoms. The fourth-order valence-corrected chi connectivity index (χ4v) is 5.72. The molecule has 2 aromatic heterocycles. The first-order valence-electron chi connectivity index (χ1n) is 9.89. The van der Waals surface area contributed by atoms with Gasteiger partial charge < -0.3 is 15.0 Å². The number of sulfonamides is 1. The number of nitrogens with zero attached hydrogens (tertiary/aromatic N) is 3. The lowest BCUT2D eigenvalue weighted by Gasteiger charge is -2.37. The van der Waals surface area contributed by atoms with E-state index in [9.17, 15) is 34.8 Å². The van der Waals surface area contributed by atoms with Crippen molar-refractivity contribution in [2.75, 3.05) is 11.9 Å². The van der Waals surface area contributed by atoms with E-state index in [0.29, 0.717) is 27.6 Å². The molecule has 34 heavy (non-hydrogen) atoms. The molecule has 1 aliphatic heterocycles. The van der Waals surface area contributed by atoms with Crippen LogP contribution in [-0.4, -0.2) is 52.9 Å². The Kier molecular flexibility index (Phi) is 6.33. The van der Waals surface area contributed by atoms with Gasteiger partial charge >= 0.3 is 6.61 Å². The van der Waals surface area contributed by atoms with Crippen LogP contribution in [0.4, 0.5) is 32.2 Å². The zero-order valence-corrected chi connectivity index (χ0v) is 18.1. The number of benzene rings is 1. The van der Waals surface area contributed by atoms with Gasteiger partial charge in [-0.25, -0.2) is 31.6 Å². The van der Waals surface area contributed by atoms with E-state index in [1.165, 1.54) is 13.3 Å². The standard InChI is InChI=1S/C19H17F6N5O3S/c1-8-2-3-9(29-18-10-4-5-26-17(10)27-7-28-18)6-30(8)34(31,32)16-14(23)12(21)11(20)13(22)15(16)33-19(24)25/h4-5,7-9,19H,2-3,6H2,1H3,(H2,26,27,28,29)/t8-,9-/m0/s1. The molecule has 0 bridgehead atoms. The van der Waals surface area contributed by atoms with Crippen LogP contribution in [0.25, 0.3) is 11.0 Å². The molecule has 4 rings (SSSR count). The molecule has 2 N–H and O–H groups in total. The molecule has 15 heteroatoms. The van der Waals surface area contributed by atoms with E-state index in [-0.39, 0.29) is 13.0 Å². The van der Waals surface area contributed by atoms with Gasteiger partial charge in [-0.05, 0) is 25.8 Å². The molecular formula is C19H17F6N5O3S. The quantitative estimate of drug-likeness (QED) is 0.298. The normalized spacial score (nSPS) is 19.6. The summed E-state index contributed by atoms with van der Waals surface area (Å²) >= 11 is 0. The minimum atomic E-state index is -5.16. The molecule has 8 nitrogen and oxygen atoms in total. The highest BCUT2D eigenvalue weighted by Gasteiger charge is 2.42. The Balaban J connectivity index is 1.72. The molecule has 3 aromatic rings. The Bertz CT molecular complexity index is 1340. The summed E-state index contributed by atoms with van der Waals surface area (Å²) in [6, 6.07) is 0.276. The number of nitrogens with one attached hydrogen (secondary N) is 2. The minimum Gasteiger partial charge on any atom is -0.430 e. The number of rotatable bonds is 6. The van der Waals surface area contributed by atoms with Gasteiger partial charge in [0.05, 0.1) is 5.39 Å². The summed E-state index contributed by atoms with van der Waals surface area (Å²) in [6.07, 6.45) is 3.54. The predicted octanol–water partition coefficient (Wildman–Crippen LogP) is 3.77. The first kappa shape index (κ1) is 24.1. The molecule has 2 atom stereocenters. The molecular weight excluding hydrogens is 492 g/mol. The molecule has 3 heterocycles. The topological polar surface area (TPSA) is 100 Å². The maximum absolute atomic E-state index is 14.6. The number of hydrogen-bond donors (Lipinski definition) is 2. The smallest absolute Gasteiger partial charge is 0.387 e. The minimum absolute atomic E-state index is 0.219. The number of halogens is 6. The van der Waals surface area contributed by atoms with Crippen molar-refractivity contribution in [2.45, 2.75) is 43.4 Å². The Morgan fingerprint density at radius 3 is 2.53 bits per heavy atom. The number of anilines is 1. The molecule has 1 aliphatic rings. The van der Waals surface area contributed by atoms with Crippen molar-refractivity contribution < 1.29 is 39.5 Å². The molecule has 0 unspecified atom stereocenters. The van der Waals surface area contributed by atoms with Crippen LogP contribution in [0.1, 0.15) is 19.8 Å². The highest BCUT2D eigenvalue weighted by atomic mass is 32.2. The van der Waals surface area contributed by atoms with Gasteiger partial charge in [0.2, 0.25) is 21.7 Å². The van der Waals surface area contributed by atoms with Gasteiger partial charge in [-0.15, -0.1) is 0 Å². The zero-order chi connectivity index (χ0) is 24.8. The summed E-state index contributed by atoms with van der Waals surface area (Å²) in [5.74, 6) is -11.2. The number of H-pyrrole nitrogens is 1. The third kappa shape index (κ3) is 4.13. The van der Waals surface area contributed by atoms with Gasteiger partial charge in [-0.1, -0.05) is 0 Å². The second-order valence-electron chi connectivity index (χ2n) is 7.60.